The summed E-state index contributed by atoms with van der Waals surface area (Å²) in [5.74, 6) is -0.484. The van der Waals surface area contributed by atoms with Crippen molar-refractivity contribution in [1.29, 1.82) is 0 Å². The molecule has 0 atom stereocenters. The number of barbiturate groups is 1. The number of carbonyl (C=O) groups excluding carboxylic acids is 3. The highest BCUT2D eigenvalue weighted by molar-refractivity contribution is 9.10. The zero-order valence-corrected chi connectivity index (χ0v) is 22.6. The standard InChI is InChI=1S/C29H27BrN2O5/c1-5-36-25-14-21(24(30)15-26(25)37-16-20-8-6-17(2)7-9-20)13-23-27(33)31-29(35)32(28(23)34)22-11-18(3)10-19(4)12-22/h6-15H,5,16H2,1-4H3,(H,31,33,35)/b23-13+. The van der Waals surface area contributed by atoms with Crippen LogP contribution in [-0.2, 0) is 16.2 Å². The molecule has 190 valence electrons. The normalized spacial score (nSPS) is 14.7. The first-order valence-electron chi connectivity index (χ1n) is 11.8. The lowest BCUT2D eigenvalue weighted by atomic mass is 10.0. The summed E-state index contributed by atoms with van der Waals surface area (Å²) < 4.78 is 12.4. The summed E-state index contributed by atoms with van der Waals surface area (Å²) in [5, 5.41) is 2.27. The van der Waals surface area contributed by atoms with Gasteiger partial charge in [-0.15, -0.1) is 0 Å². The largest absolute Gasteiger partial charge is 0.490 e. The van der Waals surface area contributed by atoms with Crippen LogP contribution in [0.1, 0.15) is 34.7 Å². The van der Waals surface area contributed by atoms with Crippen LogP contribution >= 0.6 is 15.9 Å². The maximum Gasteiger partial charge on any atom is 0.335 e. The second-order valence-corrected chi connectivity index (χ2v) is 9.69. The summed E-state index contributed by atoms with van der Waals surface area (Å²) in [6.45, 7) is 8.37. The van der Waals surface area contributed by atoms with Gasteiger partial charge in [-0.25, -0.2) is 9.69 Å². The number of carbonyl (C=O) groups is 3. The van der Waals surface area contributed by atoms with Crippen molar-refractivity contribution in [3.8, 4) is 11.5 Å². The first-order valence-corrected chi connectivity index (χ1v) is 12.6. The summed E-state index contributed by atoms with van der Waals surface area (Å²) in [6, 6.07) is 16.1. The van der Waals surface area contributed by atoms with Crippen LogP contribution in [0.5, 0.6) is 11.5 Å². The third-order valence-electron chi connectivity index (χ3n) is 5.74. The van der Waals surface area contributed by atoms with E-state index in [0.29, 0.717) is 40.4 Å². The Morgan fingerprint density at radius 2 is 1.51 bits per heavy atom. The molecule has 4 rings (SSSR count). The highest BCUT2D eigenvalue weighted by Crippen LogP contribution is 2.36. The Morgan fingerprint density at radius 3 is 2.16 bits per heavy atom. The molecule has 0 bridgehead atoms. The van der Waals surface area contributed by atoms with Crippen LogP contribution in [0.15, 0.2) is 64.6 Å². The van der Waals surface area contributed by atoms with E-state index in [4.69, 9.17) is 9.47 Å². The van der Waals surface area contributed by atoms with Gasteiger partial charge in [0.05, 0.1) is 12.3 Å². The minimum Gasteiger partial charge on any atom is -0.490 e. The Hall–Kier alpha value is -3.91. The number of rotatable bonds is 7. The van der Waals surface area contributed by atoms with Gasteiger partial charge in [-0.05, 0) is 80.3 Å². The summed E-state index contributed by atoms with van der Waals surface area (Å²) in [5.41, 5.74) is 4.71. The van der Waals surface area contributed by atoms with Crippen molar-refractivity contribution in [2.45, 2.75) is 34.3 Å². The van der Waals surface area contributed by atoms with Crippen molar-refractivity contribution >= 4 is 45.5 Å². The number of hydrogen-bond donors (Lipinski definition) is 1. The number of anilines is 1. The predicted octanol–water partition coefficient (Wildman–Crippen LogP) is 6.02. The number of imide groups is 2. The number of benzene rings is 3. The molecule has 8 heteroatoms. The molecular weight excluding hydrogens is 536 g/mol. The number of halogens is 1. The predicted molar refractivity (Wildman–Crippen MR) is 146 cm³/mol. The van der Waals surface area contributed by atoms with Crippen LogP contribution in [0.4, 0.5) is 10.5 Å². The van der Waals surface area contributed by atoms with E-state index in [0.717, 1.165) is 27.2 Å². The van der Waals surface area contributed by atoms with Gasteiger partial charge in [0, 0.05) is 4.47 Å². The van der Waals surface area contributed by atoms with Crippen LogP contribution in [0, 0.1) is 20.8 Å². The molecule has 0 saturated carbocycles. The zero-order valence-electron chi connectivity index (χ0n) is 21.1. The lowest BCUT2D eigenvalue weighted by Gasteiger charge is -2.27. The number of urea groups is 1. The molecule has 1 heterocycles. The number of aryl methyl sites for hydroxylation is 3. The third-order valence-corrected chi connectivity index (χ3v) is 6.43. The van der Waals surface area contributed by atoms with E-state index < -0.39 is 17.8 Å². The van der Waals surface area contributed by atoms with Gasteiger partial charge in [0.2, 0.25) is 0 Å². The lowest BCUT2D eigenvalue weighted by Crippen LogP contribution is -2.54. The van der Waals surface area contributed by atoms with Gasteiger partial charge in [0.25, 0.3) is 11.8 Å². The van der Waals surface area contributed by atoms with Crippen LogP contribution in [0.25, 0.3) is 6.08 Å². The van der Waals surface area contributed by atoms with Crippen LogP contribution in [-0.4, -0.2) is 24.5 Å². The number of nitrogens with one attached hydrogen (secondary N) is 1. The maximum atomic E-state index is 13.4. The van der Waals surface area contributed by atoms with Gasteiger partial charge in [0.15, 0.2) is 11.5 Å². The molecular formula is C29H27BrN2O5. The molecule has 4 amide bonds. The van der Waals surface area contributed by atoms with E-state index in [1.165, 1.54) is 6.08 Å². The third kappa shape index (κ3) is 5.91. The summed E-state index contributed by atoms with van der Waals surface area (Å²) in [7, 11) is 0. The van der Waals surface area contributed by atoms with Crippen molar-refractivity contribution in [1.82, 2.24) is 5.32 Å². The fourth-order valence-corrected chi connectivity index (χ4v) is 4.45. The smallest absolute Gasteiger partial charge is 0.335 e. The van der Waals surface area contributed by atoms with Crippen molar-refractivity contribution in [2.24, 2.45) is 0 Å². The SMILES string of the molecule is CCOc1cc(/C=C2\C(=O)NC(=O)N(c3cc(C)cc(C)c3)C2=O)c(Br)cc1OCc1ccc(C)cc1. The van der Waals surface area contributed by atoms with Gasteiger partial charge in [-0.1, -0.05) is 51.8 Å². The lowest BCUT2D eigenvalue weighted by molar-refractivity contribution is -0.122. The molecule has 0 aromatic heterocycles. The fourth-order valence-electron chi connectivity index (χ4n) is 4.02. The summed E-state index contributed by atoms with van der Waals surface area (Å²) >= 11 is 3.52. The molecule has 1 aliphatic rings. The van der Waals surface area contributed by atoms with Crippen LogP contribution < -0.4 is 19.7 Å². The molecule has 0 spiro atoms. The van der Waals surface area contributed by atoms with E-state index >= 15 is 0 Å². The molecule has 7 nitrogen and oxygen atoms in total. The van der Waals surface area contributed by atoms with E-state index in [1.807, 2.05) is 58.0 Å². The topological polar surface area (TPSA) is 84.9 Å². The average molecular weight is 563 g/mol. The van der Waals surface area contributed by atoms with Gasteiger partial charge in [-0.2, -0.15) is 0 Å². The van der Waals surface area contributed by atoms with Gasteiger partial charge in [0.1, 0.15) is 12.2 Å². The minimum atomic E-state index is -0.786. The van der Waals surface area contributed by atoms with Crippen molar-refractivity contribution < 1.29 is 23.9 Å². The second-order valence-electron chi connectivity index (χ2n) is 8.83. The Kier molecular flexibility index (Phi) is 7.78. The molecule has 3 aromatic carbocycles. The van der Waals surface area contributed by atoms with E-state index in [-0.39, 0.29) is 5.57 Å². The molecule has 1 saturated heterocycles. The van der Waals surface area contributed by atoms with Crippen LogP contribution in [0.2, 0.25) is 0 Å². The average Bonchev–Trinajstić information content (AvgIpc) is 2.83. The molecule has 1 fully saturated rings. The number of amides is 4. The molecule has 3 aromatic rings. The second kappa shape index (κ2) is 11.0. The van der Waals surface area contributed by atoms with Gasteiger partial charge < -0.3 is 9.47 Å². The van der Waals surface area contributed by atoms with Crippen molar-refractivity contribution in [3.05, 3.63) is 92.5 Å². The first-order chi connectivity index (χ1) is 17.7. The Balaban J connectivity index is 1.67. The summed E-state index contributed by atoms with van der Waals surface area (Å²) in [4.78, 5) is 39.6. The fraction of sp³-hybridized carbons (Fsp3) is 0.207. The van der Waals surface area contributed by atoms with E-state index in [2.05, 4.69) is 21.2 Å². The number of nitrogens with zero attached hydrogens (tertiary/aromatic N) is 1. The van der Waals surface area contributed by atoms with E-state index in [9.17, 15) is 14.4 Å². The molecule has 1 N–H and O–H groups in total. The highest BCUT2D eigenvalue weighted by atomic mass is 79.9. The van der Waals surface area contributed by atoms with Gasteiger partial charge in [-0.3, -0.25) is 14.9 Å². The number of ether oxygens (including phenoxy) is 2. The first kappa shape index (κ1) is 26.2. The Morgan fingerprint density at radius 1 is 0.865 bits per heavy atom. The maximum absolute atomic E-state index is 13.4. The van der Waals surface area contributed by atoms with Crippen molar-refractivity contribution in [3.63, 3.8) is 0 Å². The molecule has 0 aliphatic carbocycles. The van der Waals surface area contributed by atoms with Crippen molar-refractivity contribution in [2.75, 3.05) is 11.5 Å². The zero-order chi connectivity index (χ0) is 26.7. The molecule has 37 heavy (non-hydrogen) atoms. The minimum absolute atomic E-state index is 0.171. The quantitative estimate of drug-likeness (QED) is 0.281. The van der Waals surface area contributed by atoms with Gasteiger partial charge >= 0.3 is 6.03 Å². The number of hydrogen-bond acceptors (Lipinski definition) is 5. The molecule has 1 aliphatic heterocycles. The Labute approximate surface area is 224 Å². The Bertz CT molecular complexity index is 1390. The van der Waals surface area contributed by atoms with Crippen LogP contribution in [0.3, 0.4) is 0 Å². The van der Waals surface area contributed by atoms with E-state index in [1.54, 1.807) is 24.3 Å². The monoisotopic (exact) mass is 562 g/mol. The molecule has 0 radical (unpaired) electrons. The molecule has 0 unspecified atom stereocenters. The highest BCUT2D eigenvalue weighted by Gasteiger charge is 2.37. The summed E-state index contributed by atoms with van der Waals surface area (Å²) in [6.07, 6.45) is 1.44.